The van der Waals surface area contributed by atoms with Crippen LogP contribution in [0.15, 0.2) is 6.33 Å². The lowest BCUT2D eigenvalue weighted by molar-refractivity contribution is -0.203. The molecule has 32 heavy (non-hydrogen) atoms. The highest BCUT2D eigenvalue weighted by Gasteiger charge is 2.64. The van der Waals surface area contributed by atoms with Crippen LogP contribution in [0.5, 0.6) is 0 Å². The van der Waals surface area contributed by atoms with Crippen molar-refractivity contribution in [2.75, 3.05) is 0 Å². The summed E-state index contributed by atoms with van der Waals surface area (Å²) >= 11 is 0. The molecule has 4 aliphatic carbocycles. The van der Waals surface area contributed by atoms with E-state index in [1.165, 1.54) is 25.7 Å². The van der Waals surface area contributed by atoms with E-state index < -0.39 is 0 Å². The van der Waals surface area contributed by atoms with Crippen LogP contribution in [-0.2, 0) is 6.42 Å². The maximum Gasteiger partial charge on any atom is 0.137 e. The van der Waals surface area contributed by atoms with Crippen molar-refractivity contribution in [1.82, 2.24) is 15.2 Å². The van der Waals surface area contributed by atoms with Crippen LogP contribution in [0.3, 0.4) is 0 Å². The molecule has 180 valence electrons. The molecule has 5 heteroatoms. The first-order valence-corrected chi connectivity index (χ1v) is 13.5. The fraction of sp³-hybridized carbons (Fsp3) is 0.926. The number of hydrogen-bond acceptors (Lipinski definition) is 4. The van der Waals surface area contributed by atoms with Gasteiger partial charge >= 0.3 is 0 Å². The second-order valence-corrected chi connectivity index (χ2v) is 12.6. The normalized spacial score (nSPS) is 49.2. The Kier molecular flexibility index (Phi) is 5.97. The highest BCUT2D eigenvalue weighted by molar-refractivity contribution is 5.13. The number of aliphatic hydroxyl groups excluding tert-OH is 2. The van der Waals surface area contributed by atoms with E-state index in [1.54, 1.807) is 6.33 Å². The maximum atomic E-state index is 11.8. The van der Waals surface area contributed by atoms with Gasteiger partial charge in [-0.1, -0.05) is 34.1 Å². The van der Waals surface area contributed by atoms with Crippen molar-refractivity contribution in [1.29, 1.82) is 0 Å². The van der Waals surface area contributed by atoms with Crippen LogP contribution < -0.4 is 0 Å². The Balaban J connectivity index is 1.38. The number of nitrogens with zero attached hydrogens (tertiary/aromatic N) is 2. The molecule has 0 spiro atoms. The molecule has 4 aliphatic rings. The number of rotatable bonds is 5. The molecule has 0 bridgehead atoms. The minimum absolute atomic E-state index is 0.166. The van der Waals surface area contributed by atoms with E-state index in [9.17, 15) is 10.2 Å². The summed E-state index contributed by atoms with van der Waals surface area (Å²) in [7, 11) is 0. The number of H-pyrrole nitrogens is 1. The van der Waals surface area contributed by atoms with E-state index in [4.69, 9.17) is 0 Å². The molecule has 0 saturated heterocycles. The van der Waals surface area contributed by atoms with Crippen LogP contribution in [0.2, 0.25) is 0 Å². The molecule has 1 aromatic rings. The lowest BCUT2D eigenvalue weighted by atomic mass is 9.41. The van der Waals surface area contributed by atoms with Gasteiger partial charge in [0, 0.05) is 6.42 Å². The third kappa shape index (κ3) is 3.40. The van der Waals surface area contributed by atoms with Gasteiger partial charge in [0.25, 0.3) is 0 Å². The summed E-state index contributed by atoms with van der Waals surface area (Å²) in [6.45, 7) is 9.82. The molecule has 1 heterocycles. The van der Waals surface area contributed by atoms with Gasteiger partial charge in [-0.05, 0) is 104 Å². The monoisotopic (exact) mass is 443 g/mol. The summed E-state index contributed by atoms with van der Waals surface area (Å²) in [5.41, 5.74) is 0.639. The zero-order chi connectivity index (χ0) is 22.7. The second kappa shape index (κ2) is 8.37. The van der Waals surface area contributed by atoms with Crippen LogP contribution in [0, 0.1) is 52.3 Å². The molecular formula is C27H45N3O2. The Labute approximate surface area is 194 Å². The van der Waals surface area contributed by atoms with Crippen LogP contribution in [0.25, 0.3) is 0 Å². The van der Waals surface area contributed by atoms with Crippen LogP contribution in [-0.4, -0.2) is 37.6 Å². The molecule has 3 unspecified atom stereocenters. The summed E-state index contributed by atoms with van der Waals surface area (Å²) in [5.74, 6) is 4.96. The Morgan fingerprint density at radius 3 is 2.53 bits per heavy atom. The van der Waals surface area contributed by atoms with Crippen molar-refractivity contribution in [2.45, 2.75) is 104 Å². The second-order valence-electron chi connectivity index (χ2n) is 12.6. The predicted molar refractivity (Wildman–Crippen MR) is 126 cm³/mol. The first kappa shape index (κ1) is 22.8. The van der Waals surface area contributed by atoms with Gasteiger partial charge in [0.05, 0.1) is 12.2 Å². The minimum atomic E-state index is -0.193. The van der Waals surface area contributed by atoms with Gasteiger partial charge < -0.3 is 10.2 Å². The van der Waals surface area contributed by atoms with Crippen LogP contribution in [0.1, 0.15) is 91.3 Å². The number of hydrogen-bond donors (Lipinski definition) is 3. The Morgan fingerprint density at radius 1 is 1.06 bits per heavy atom. The number of aryl methyl sites for hydroxylation is 1. The number of fused-ring (bicyclic) bond motifs is 5. The first-order valence-electron chi connectivity index (χ1n) is 13.5. The van der Waals surface area contributed by atoms with Crippen molar-refractivity contribution < 1.29 is 10.2 Å². The summed E-state index contributed by atoms with van der Waals surface area (Å²) in [6, 6.07) is 0. The number of nitrogens with one attached hydrogen (secondary N) is 1. The predicted octanol–water partition coefficient (Wildman–Crippen LogP) is 5.00. The Hall–Kier alpha value is -0.940. The van der Waals surface area contributed by atoms with Crippen LogP contribution in [0.4, 0.5) is 0 Å². The standard InChI is InChI=1S/C27H45N3O2/c1-5-18-22-14-17(31)10-12-27(22,4)21-11-13-26(3)19(7-8-20(26)24(21)25(18)32)16(2)6-9-23-28-15-29-30-23/h15-22,24-25,31-32H,5-14H2,1-4H3,(H,28,29,30)/t16-,17-,18-,19-,20?,21?,22+,24?,25-,26-,27-/m1/s1. The third-order valence-corrected chi connectivity index (χ3v) is 11.5. The molecule has 4 fully saturated rings. The van der Waals surface area contributed by atoms with Gasteiger partial charge in [-0.3, -0.25) is 5.10 Å². The van der Waals surface area contributed by atoms with E-state index in [2.05, 4.69) is 42.9 Å². The lowest BCUT2D eigenvalue weighted by Gasteiger charge is -2.64. The summed E-state index contributed by atoms with van der Waals surface area (Å²) < 4.78 is 0. The number of aromatic amines is 1. The van der Waals surface area contributed by atoms with Gasteiger partial charge in [-0.25, -0.2) is 4.98 Å². The minimum Gasteiger partial charge on any atom is -0.393 e. The van der Waals surface area contributed by atoms with E-state index >= 15 is 0 Å². The van der Waals surface area contributed by atoms with Crippen LogP contribution >= 0.6 is 0 Å². The van der Waals surface area contributed by atoms with Crippen molar-refractivity contribution >= 4 is 0 Å². The molecule has 3 N–H and O–H groups in total. The zero-order valence-corrected chi connectivity index (χ0v) is 20.6. The summed E-state index contributed by atoms with van der Waals surface area (Å²) in [5, 5.41) is 29.3. The van der Waals surface area contributed by atoms with Crippen molar-refractivity contribution in [3.63, 3.8) is 0 Å². The first-order chi connectivity index (χ1) is 15.3. The molecule has 0 aliphatic heterocycles. The highest BCUT2D eigenvalue weighted by atomic mass is 16.3. The highest BCUT2D eigenvalue weighted by Crippen LogP contribution is 2.69. The SMILES string of the molecule is CC[C@H]1[C@@H](O)C2C3CC[C@H]([C@H](C)CCc4ncn[nH]4)[C@@]3(C)CCC2[C@@]2(C)CC[C@@H](O)C[C@@H]12. The quantitative estimate of drug-likeness (QED) is 0.598. The Bertz CT molecular complexity index is 784. The zero-order valence-electron chi connectivity index (χ0n) is 20.6. The Morgan fingerprint density at radius 2 is 1.81 bits per heavy atom. The van der Waals surface area contributed by atoms with Gasteiger partial charge in [-0.15, -0.1) is 0 Å². The number of aliphatic hydroxyl groups is 2. The summed E-state index contributed by atoms with van der Waals surface area (Å²) in [6.07, 6.45) is 12.6. The lowest BCUT2D eigenvalue weighted by Crippen LogP contribution is -2.62. The third-order valence-electron chi connectivity index (χ3n) is 11.5. The molecule has 0 aromatic carbocycles. The van der Waals surface area contributed by atoms with Crippen molar-refractivity contribution in [2.24, 2.45) is 52.3 Å². The largest absolute Gasteiger partial charge is 0.393 e. The fourth-order valence-electron chi connectivity index (χ4n) is 9.85. The molecule has 5 rings (SSSR count). The van der Waals surface area contributed by atoms with E-state index in [0.717, 1.165) is 50.3 Å². The molecule has 4 saturated carbocycles. The molecule has 0 amide bonds. The van der Waals surface area contributed by atoms with E-state index in [1.807, 2.05) is 0 Å². The molecule has 5 nitrogen and oxygen atoms in total. The molecule has 1 aromatic heterocycles. The number of aromatic nitrogens is 3. The molecule has 11 atom stereocenters. The van der Waals surface area contributed by atoms with Crippen molar-refractivity contribution in [3.8, 4) is 0 Å². The fourth-order valence-corrected chi connectivity index (χ4v) is 9.85. The van der Waals surface area contributed by atoms with Gasteiger partial charge in [0.1, 0.15) is 12.2 Å². The smallest absolute Gasteiger partial charge is 0.137 e. The van der Waals surface area contributed by atoms with E-state index in [-0.39, 0.29) is 12.2 Å². The van der Waals surface area contributed by atoms with Gasteiger partial charge in [-0.2, -0.15) is 5.10 Å². The summed E-state index contributed by atoms with van der Waals surface area (Å²) in [4.78, 5) is 4.33. The topological polar surface area (TPSA) is 82.0 Å². The average molecular weight is 444 g/mol. The molecule has 0 radical (unpaired) electrons. The van der Waals surface area contributed by atoms with Gasteiger partial charge in [0.2, 0.25) is 0 Å². The average Bonchev–Trinajstić information content (AvgIpc) is 3.41. The van der Waals surface area contributed by atoms with Crippen molar-refractivity contribution in [3.05, 3.63) is 12.2 Å². The maximum absolute atomic E-state index is 11.8. The molecular weight excluding hydrogens is 398 g/mol. The van der Waals surface area contributed by atoms with Gasteiger partial charge in [0.15, 0.2) is 0 Å². The van der Waals surface area contributed by atoms with E-state index in [0.29, 0.717) is 46.3 Å².